The van der Waals surface area contributed by atoms with Crippen LogP contribution >= 0.6 is 0 Å². The Morgan fingerprint density at radius 3 is 2.12 bits per heavy atom. The third-order valence-electron chi connectivity index (χ3n) is 6.00. The van der Waals surface area contributed by atoms with Crippen molar-refractivity contribution in [1.29, 1.82) is 0 Å². The summed E-state index contributed by atoms with van der Waals surface area (Å²) in [6.45, 7) is 7.01. The van der Waals surface area contributed by atoms with E-state index in [1.54, 1.807) is 69.3 Å². The van der Waals surface area contributed by atoms with Crippen molar-refractivity contribution in [3.05, 3.63) is 89.5 Å². The molecule has 0 aliphatic rings. The number of alkyl carbamates (subject to hydrolysis) is 1. The first-order valence-electron chi connectivity index (χ1n) is 13.0. The van der Waals surface area contributed by atoms with Crippen LogP contribution in [0, 0.1) is 19.4 Å². The summed E-state index contributed by atoms with van der Waals surface area (Å²) in [7, 11) is 1.54. The van der Waals surface area contributed by atoms with Crippen molar-refractivity contribution in [2.75, 3.05) is 12.4 Å². The van der Waals surface area contributed by atoms with Crippen LogP contribution in [0.4, 0.5) is 10.5 Å². The number of nitrogens with zero attached hydrogens (tertiary/aromatic N) is 1. The van der Waals surface area contributed by atoms with Crippen LogP contribution in [0.5, 0.6) is 11.5 Å². The van der Waals surface area contributed by atoms with Crippen molar-refractivity contribution in [3.63, 3.8) is 0 Å². The van der Waals surface area contributed by atoms with Gasteiger partial charge in [-0.1, -0.05) is 48.4 Å². The fraction of sp³-hybridized carbons (Fsp3) is 0.281. The molecule has 2 atom stereocenters. The largest absolute Gasteiger partial charge is 0.508 e. The molecule has 3 aromatic rings. The Balaban J connectivity index is 1.99. The molecular weight excluding hydrogens is 522 g/mol. The maximum absolute atomic E-state index is 14.0. The number of terminal acetylenes is 1. The van der Waals surface area contributed by atoms with Gasteiger partial charge in [0, 0.05) is 18.2 Å². The number of hydrogen-bond donors (Lipinski definition) is 3. The van der Waals surface area contributed by atoms with E-state index in [0.717, 1.165) is 10.5 Å². The van der Waals surface area contributed by atoms with E-state index in [9.17, 15) is 19.5 Å². The number of ether oxygens (including phenoxy) is 2. The van der Waals surface area contributed by atoms with Gasteiger partial charge in [-0.2, -0.15) is 0 Å². The van der Waals surface area contributed by atoms with Crippen LogP contribution in [-0.4, -0.2) is 46.7 Å². The summed E-state index contributed by atoms with van der Waals surface area (Å²) >= 11 is 0. The number of methoxy groups -OCH3 is 1. The van der Waals surface area contributed by atoms with Crippen LogP contribution in [0.3, 0.4) is 0 Å². The van der Waals surface area contributed by atoms with Gasteiger partial charge in [-0.05, 0) is 75.2 Å². The highest BCUT2D eigenvalue weighted by Crippen LogP contribution is 2.26. The van der Waals surface area contributed by atoms with Gasteiger partial charge in [-0.25, -0.2) is 4.79 Å². The highest BCUT2D eigenvalue weighted by molar-refractivity contribution is 5.99. The molecule has 2 unspecified atom stereocenters. The topological polar surface area (TPSA) is 117 Å². The van der Waals surface area contributed by atoms with Crippen molar-refractivity contribution in [2.45, 2.75) is 51.8 Å². The molecule has 3 aromatic carbocycles. The Bertz CT molecular complexity index is 1390. The summed E-state index contributed by atoms with van der Waals surface area (Å²) < 4.78 is 10.6. The summed E-state index contributed by atoms with van der Waals surface area (Å²) in [6, 6.07) is 20.0. The van der Waals surface area contributed by atoms with Crippen molar-refractivity contribution < 1.29 is 29.0 Å². The van der Waals surface area contributed by atoms with Gasteiger partial charge in [0.1, 0.15) is 29.2 Å². The van der Waals surface area contributed by atoms with Crippen LogP contribution in [0.1, 0.15) is 43.5 Å². The first-order chi connectivity index (χ1) is 19.4. The second-order valence-electron chi connectivity index (χ2n) is 10.4. The number of anilines is 1. The van der Waals surface area contributed by atoms with E-state index in [0.29, 0.717) is 22.6 Å². The Hall–Kier alpha value is -4.97. The zero-order valence-electron chi connectivity index (χ0n) is 23.8. The second kappa shape index (κ2) is 13.4. The van der Waals surface area contributed by atoms with E-state index in [-0.39, 0.29) is 12.2 Å². The number of phenols is 1. The molecule has 0 heterocycles. The van der Waals surface area contributed by atoms with Gasteiger partial charge in [0.2, 0.25) is 0 Å². The predicted molar refractivity (Wildman–Crippen MR) is 156 cm³/mol. The minimum Gasteiger partial charge on any atom is -0.508 e. The Morgan fingerprint density at radius 2 is 1.59 bits per heavy atom. The number of aryl methyl sites for hydroxylation is 1. The molecule has 3 amide bonds. The van der Waals surface area contributed by atoms with E-state index in [4.69, 9.17) is 15.9 Å². The average molecular weight is 558 g/mol. The van der Waals surface area contributed by atoms with Crippen LogP contribution in [0.2, 0.25) is 0 Å². The monoisotopic (exact) mass is 557 g/mol. The molecule has 9 nitrogen and oxygen atoms in total. The fourth-order valence-electron chi connectivity index (χ4n) is 4.00. The second-order valence-corrected chi connectivity index (χ2v) is 10.4. The van der Waals surface area contributed by atoms with E-state index >= 15 is 0 Å². The highest BCUT2D eigenvalue weighted by atomic mass is 16.6. The number of amides is 3. The zero-order valence-corrected chi connectivity index (χ0v) is 23.8. The molecule has 0 saturated heterocycles. The van der Waals surface area contributed by atoms with Gasteiger partial charge in [0.25, 0.3) is 11.8 Å². The first kappa shape index (κ1) is 30.6. The summed E-state index contributed by atoms with van der Waals surface area (Å²) in [6.07, 6.45) is 5.08. The number of carbonyl (C=O) groups excluding carboxylic acids is 3. The van der Waals surface area contributed by atoms with Crippen molar-refractivity contribution >= 4 is 23.6 Å². The third kappa shape index (κ3) is 8.77. The zero-order chi connectivity index (χ0) is 30.2. The normalized spacial score (nSPS) is 12.3. The lowest BCUT2D eigenvalue weighted by molar-refractivity contribution is -0.136. The number of rotatable bonds is 9. The molecule has 0 spiro atoms. The summed E-state index contributed by atoms with van der Waals surface area (Å²) in [4.78, 5) is 41.5. The molecule has 41 heavy (non-hydrogen) atoms. The molecule has 0 aliphatic carbocycles. The molecule has 9 heteroatoms. The van der Waals surface area contributed by atoms with Crippen LogP contribution < -0.4 is 15.4 Å². The summed E-state index contributed by atoms with van der Waals surface area (Å²) in [5.74, 6) is -0.576. The van der Waals surface area contributed by atoms with Crippen molar-refractivity contribution in [1.82, 2.24) is 10.2 Å². The Morgan fingerprint density at radius 1 is 0.976 bits per heavy atom. The van der Waals surface area contributed by atoms with Crippen LogP contribution in [0.15, 0.2) is 72.8 Å². The SMILES string of the molecule is C#CN(C(=O)C(Cc1ccc(O)cc1)NC(=O)OC(C)(C)C)C(C(=O)Nc1ccc(OC)cc1)c1ccc(C)cc1. The van der Waals surface area contributed by atoms with Crippen LogP contribution in [0.25, 0.3) is 0 Å². The standard InChI is InChI=1S/C32H35N3O6/c1-7-35(30(38)27(34-31(39)41-32(3,4)5)20-22-10-16-25(36)17-11-22)28(23-12-8-21(2)9-13-23)29(37)33-24-14-18-26(40-6)19-15-24/h1,8-19,27-28,36H,20H2,2-6H3,(H,33,37)(H,34,39). The highest BCUT2D eigenvalue weighted by Gasteiger charge is 2.36. The Kier molecular flexibility index (Phi) is 9.99. The quantitative estimate of drug-likeness (QED) is 0.253. The minimum atomic E-state index is -1.22. The van der Waals surface area contributed by atoms with Gasteiger partial charge >= 0.3 is 6.09 Å². The predicted octanol–water partition coefficient (Wildman–Crippen LogP) is 4.94. The maximum atomic E-state index is 14.0. The molecule has 0 saturated carbocycles. The molecule has 3 rings (SSSR count). The minimum absolute atomic E-state index is 0.0251. The molecule has 0 bridgehead atoms. The summed E-state index contributed by atoms with van der Waals surface area (Å²) in [5.41, 5.74) is 1.74. The number of carbonyl (C=O) groups is 3. The average Bonchev–Trinajstić information content (AvgIpc) is 2.92. The smallest absolute Gasteiger partial charge is 0.408 e. The fourth-order valence-corrected chi connectivity index (χ4v) is 4.00. The lowest BCUT2D eigenvalue weighted by atomic mass is 10.00. The lowest BCUT2D eigenvalue weighted by Crippen LogP contribution is -2.51. The van der Waals surface area contributed by atoms with E-state index in [1.165, 1.54) is 19.2 Å². The number of hydrogen-bond acceptors (Lipinski definition) is 6. The van der Waals surface area contributed by atoms with E-state index < -0.39 is 35.6 Å². The molecule has 0 radical (unpaired) electrons. The summed E-state index contributed by atoms with van der Waals surface area (Å²) in [5, 5.41) is 15.1. The lowest BCUT2D eigenvalue weighted by Gasteiger charge is -2.30. The molecular formula is C32H35N3O6. The maximum Gasteiger partial charge on any atom is 0.408 e. The molecule has 214 valence electrons. The third-order valence-corrected chi connectivity index (χ3v) is 6.00. The molecule has 3 N–H and O–H groups in total. The molecule has 0 aliphatic heterocycles. The molecule has 0 aromatic heterocycles. The number of nitrogens with one attached hydrogen (secondary N) is 2. The number of benzene rings is 3. The van der Waals surface area contributed by atoms with E-state index in [1.807, 2.05) is 19.1 Å². The van der Waals surface area contributed by atoms with Gasteiger partial charge in [-0.15, -0.1) is 0 Å². The van der Waals surface area contributed by atoms with Gasteiger partial charge in [0.15, 0.2) is 0 Å². The Labute approximate surface area is 240 Å². The van der Waals surface area contributed by atoms with Crippen molar-refractivity contribution in [2.24, 2.45) is 0 Å². The van der Waals surface area contributed by atoms with Crippen molar-refractivity contribution in [3.8, 4) is 24.0 Å². The van der Waals surface area contributed by atoms with Crippen LogP contribution in [-0.2, 0) is 20.7 Å². The number of phenolic OH excluding ortho intramolecular Hbond substituents is 1. The van der Waals surface area contributed by atoms with Gasteiger partial charge in [-0.3, -0.25) is 14.5 Å². The van der Waals surface area contributed by atoms with Gasteiger partial charge < -0.3 is 25.2 Å². The molecule has 0 fully saturated rings. The van der Waals surface area contributed by atoms with Gasteiger partial charge in [0.05, 0.1) is 7.11 Å². The first-order valence-corrected chi connectivity index (χ1v) is 13.0. The number of aromatic hydroxyl groups is 1. The van der Waals surface area contributed by atoms with E-state index in [2.05, 4.69) is 16.7 Å².